The maximum absolute atomic E-state index is 10.6. The maximum Gasteiger partial charge on any atom is 0.268 e. The molecule has 1 aromatic rings. The average Bonchev–Trinajstić information content (AvgIpc) is 2.28. The molecule has 0 unspecified atom stereocenters. The summed E-state index contributed by atoms with van der Waals surface area (Å²) in [5, 5.41) is 0. The number of ether oxygens (including phenoxy) is 1. The van der Waals surface area contributed by atoms with E-state index in [1.54, 1.807) is 0 Å². The van der Waals surface area contributed by atoms with Crippen molar-refractivity contribution in [3.63, 3.8) is 0 Å². The predicted molar refractivity (Wildman–Crippen MR) is 81.0 cm³/mol. The topological polar surface area (TPSA) is 63.6 Å². The highest BCUT2D eigenvalue weighted by Gasteiger charge is 2.09. The van der Waals surface area contributed by atoms with Crippen LogP contribution in [0.5, 0.6) is 5.75 Å². The van der Waals surface area contributed by atoms with Crippen LogP contribution in [0.3, 0.4) is 0 Å². The van der Waals surface area contributed by atoms with E-state index in [1.165, 1.54) is 11.0 Å². The van der Waals surface area contributed by atoms with E-state index in [0.717, 1.165) is 18.2 Å². The molecular formula is C10H17B3O4S. The molecule has 1 aromatic carbocycles. The van der Waals surface area contributed by atoms with Gasteiger partial charge < -0.3 is 4.74 Å². The van der Waals surface area contributed by atoms with Gasteiger partial charge in [-0.2, -0.15) is 8.42 Å². The zero-order valence-corrected chi connectivity index (χ0v) is 11.9. The Balaban J connectivity index is 2.86. The summed E-state index contributed by atoms with van der Waals surface area (Å²) in [5.41, 5.74) is 3.46. The zero-order chi connectivity index (χ0) is 13.8. The molecule has 0 heterocycles. The Morgan fingerprint density at radius 3 is 2.28 bits per heavy atom. The normalized spacial score (nSPS) is 11.4. The molecule has 0 fully saturated rings. The summed E-state index contributed by atoms with van der Waals surface area (Å²) in [6, 6.07) is 4.03. The first-order valence-electron chi connectivity index (χ1n) is 6.07. The molecule has 0 aromatic heterocycles. The molecule has 0 spiro atoms. The third-order valence-electron chi connectivity index (χ3n) is 2.88. The molecule has 1 rings (SSSR count). The fourth-order valence-electron chi connectivity index (χ4n) is 1.84. The highest BCUT2D eigenvalue weighted by Crippen LogP contribution is 2.19. The second kappa shape index (κ2) is 6.34. The van der Waals surface area contributed by atoms with Crippen LogP contribution in [0.2, 0.25) is 0 Å². The van der Waals surface area contributed by atoms with Crippen LogP contribution in [0, 0.1) is 0 Å². The Morgan fingerprint density at radius 2 is 1.78 bits per heavy atom. The fourth-order valence-corrected chi connectivity index (χ4v) is 2.13. The Bertz CT molecular complexity index is 516. The van der Waals surface area contributed by atoms with Gasteiger partial charge in [-0.25, -0.2) is 0 Å². The molecule has 1 N–H and O–H groups in total. The van der Waals surface area contributed by atoms with Crippen molar-refractivity contribution in [2.75, 3.05) is 12.4 Å². The van der Waals surface area contributed by atoms with Gasteiger partial charge in [0.2, 0.25) is 0 Å². The summed E-state index contributed by atoms with van der Waals surface area (Å²) in [6.45, 7) is -0.0297. The van der Waals surface area contributed by atoms with Gasteiger partial charge in [-0.05, 0) is 11.6 Å². The molecule has 0 bridgehead atoms. The first-order chi connectivity index (χ1) is 8.37. The molecule has 0 radical (unpaired) electrons. The molecule has 8 heteroatoms. The summed E-state index contributed by atoms with van der Waals surface area (Å²) >= 11 is 0. The van der Waals surface area contributed by atoms with Crippen LogP contribution in [0.1, 0.15) is 11.1 Å². The maximum atomic E-state index is 10.6. The lowest BCUT2D eigenvalue weighted by Gasteiger charge is -2.14. The lowest BCUT2D eigenvalue weighted by atomic mass is 9.81. The van der Waals surface area contributed by atoms with E-state index in [2.05, 4.69) is 21.8 Å². The smallest absolute Gasteiger partial charge is 0.268 e. The van der Waals surface area contributed by atoms with Gasteiger partial charge in [0.1, 0.15) is 41.6 Å². The zero-order valence-electron chi connectivity index (χ0n) is 11.1. The number of hydrogen-bond donors (Lipinski definition) is 1. The Morgan fingerprint density at radius 1 is 1.17 bits per heavy atom. The van der Waals surface area contributed by atoms with Crippen LogP contribution in [0.15, 0.2) is 12.1 Å². The molecular weight excluding hydrogens is 249 g/mol. The molecule has 4 nitrogen and oxygen atoms in total. The van der Waals surface area contributed by atoms with Crippen molar-refractivity contribution in [2.24, 2.45) is 0 Å². The van der Waals surface area contributed by atoms with Gasteiger partial charge in [0.05, 0.1) is 0 Å². The average molecular weight is 266 g/mol. The molecule has 0 amide bonds. The summed E-state index contributed by atoms with van der Waals surface area (Å²) in [4.78, 5) is 0. The van der Waals surface area contributed by atoms with Crippen molar-refractivity contribution < 1.29 is 17.7 Å². The van der Waals surface area contributed by atoms with Crippen LogP contribution in [0.4, 0.5) is 0 Å². The van der Waals surface area contributed by atoms with Crippen molar-refractivity contribution in [1.29, 1.82) is 0 Å². The summed E-state index contributed by atoms with van der Waals surface area (Å²) in [6.07, 6.45) is 1.73. The van der Waals surface area contributed by atoms with E-state index in [1.807, 2.05) is 13.9 Å². The summed E-state index contributed by atoms with van der Waals surface area (Å²) < 4.78 is 35.4. The van der Waals surface area contributed by atoms with Gasteiger partial charge in [-0.15, -0.1) is 0 Å². The van der Waals surface area contributed by atoms with Crippen LogP contribution in [-0.4, -0.2) is 48.9 Å². The second-order valence-corrected chi connectivity index (χ2v) is 5.80. The van der Waals surface area contributed by atoms with E-state index in [0.29, 0.717) is 5.75 Å². The molecule has 0 aliphatic heterocycles. The van der Waals surface area contributed by atoms with Crippen molar-refractivity contribution >= 4 is 39.1 Å². The number of hydrogen-bond acceptors (Lipinski definition) is 3. The van der Waals surface area contributed by atoms with Crippen molar-refractivity contribution in [1.82, 2.24) is 0 Å². The van der Waals surface area contributed by atoms with E-state index < -0.39 is 10.1 Å². The summed E-state index contributed by atoms with van der Waals surface area (Å²) in [7, 11) is 2.18. The highest BCUT2D eigenvalue weighted by atomic mass is 32.2. The first kappa shape index (κ1) is 15.2. The molecule has 96 valence electrons. The summed E-state index contributed by atoms with van der Waals surface area (Å²) in [5.74, 6) is 0.328. The lowest BCUT2D eigenvalue weighted by Crippen LogP contribution is -2.16. The Hall–Kier alpha value is -0.875. The van der Waals surface area contributed by atoms with Crippen LogP contribution in [-0.2, 0) is 22.8 Å². The second-order valence-electron chi connectivity index (χ2n) is 4.23. The minimum absolute atomic E-state index is 0.0297. The quantitative estimate of drug-likeness (QED) is 0.456. The predicted octanol–water partition coefficient (Wildman–Crippen LogP) is -2.52. The third-order valence-corrected chi connectivity index (χ3v) is 3.56. The molecule has 0 saturated heterocycles. The van der Waals surface area contributed by atoms with Crippen molar-refractivity contribution in [3.05, 3.63) is 23.3 Å². The molecule has 0 aliphatic carbocycles. The van der Waals surface area contributed by atoms with Crippen molar-refractivity contribution in [2.45, 2.75) is 12.6 Å². The van der Waals surface area contributed by atoms with Crippen LogP contribution >= 0.6 is 0 Å². The van der Waals surface area contributed by atoms with E-state index >= 15 is 0 Å². The van der Waals surface area contributed by atoms with E-state index in [-0.39, 0.29) is 12.4 Å². The number of benzene rings is 1. The van der Waals surface area contributed by atoms with Gasteiger partial charge in [-0.3, -0.25) is 4.55 Å². The van der Waals surface area contributed by atoms with E-state index in [9.17, 15) is 8.42 Å². The largest absolute Gasteiger partial charge is 0.492 e. The minimum Gasteiger partial charge on any atom is -0.492 e. The van der Waals surface area contributed by atoms with Gasteiger partial charge in [0.25, 0.3) is 10.1 Å². The Kier molecular flexibility index (Phi) is 5.35. The lowest BCUT2D eigenvalue weighted by molar-refractivity contribution is 0.333. The van der Waals surface area contributed by atoms with Gasteiger partial charge in [-0.1, -0.05) is 29.7 Å². The van der Waals surface area contributed by atoms with Gasteiger partial charge >= 0.3 is 0 Å². The van der Waals surface area contributed by atoms with E-state index in [4.69, 9.17) is 9.29 Å². The fraction of sp³-hybridized carbons (Fsp3) is 0.400. The SMILES string of the molecule is BCc1cc(OCCS(=O)(=O)O)c(CB)cc1B. The molecule has 18 heavy (non-hydrogen) atoms. The van der Waals surface area contributed by atoms with Crippen molar-refractivity contribution in [3.8, 4) is 5.75 Å². The minimum atomic E-state index is -3.96. The van der Waals surface area contributed by atoms with Crippen LogP contribution < -0.4 is 10.2 Å². The van der Waals surface area contributed by atoms with Crippen LogP contribution in [0.25, 0.3) is 0 Å². The monoisotopic (exact) mass is 266 g/mol. The Labute approximate surface area is 111 Å². The third kappa shape index (κ3) is 4.42. The van der Waals surface area contributed by atoms with Gasteiger partial charge in [0, 0.05) is 0 Å². The molecule has 0 aliphatic rings. The standard InChI is InChI=1S/C10H17B3O4S/c11-5-7-4-10(8(6-12)3-9(7)13)17-1-2-18(14,15)16/h3-4H,1-2,5-6,11-13H2,(H,14,15,16). The first-order valence-corrected chi connectivity index (χ1v) is 7.68. The molecule has 0 saturated carbocycles. The molecule has 0 atom stereocenters. The highest BCUT2D eigenvalue weighted by molar-refractivity contribution is 7.85. The van der Waals surface area contributed by atoms with Gasteiger partial charge in [0.15, 0.2) is 0 Å². The number of rotatable bonds is 6.